The lowest BCUT2D eigenvalue weighted by atomic mass is 9.80. The van der Waals surface area contributed by atoms with Crippen molar-refractivity contribution in [1.29, 1.82) is 0 Å². The molecule has 0 amide bonds. The normalized spacial score (nSPS) is 17.3. The van der Waals surface area contributed by atoms with Crippen molar-refractivity contribution in [2.45, 2.75) is 25.2 Å². The summed E-state index contributed by atoms with van der Waals surface area (Å²) in [6.07, 6.45) is 4.74. The fraction of sp³-hybridized carbons (Fsp3) is 0.500. The van der Waals surface area contributed by atoms with E-state index in [9.17, 15) is 4.79 Å². The van der Waals surface area contributed by atoms with Gasteiger partial charge in [0.1, 0.15) is 6.26 Å². The van der Waals surface area contributed by atoms with Gasteiger partial charge in [-0.15, -0.1) is 0 Å². The smallest absolute Gasteiger partial charge is 0.358 e. The Morgan fingerprint density at radius 2 is 2.42 bits per heavy atom. The van der Waals surface area contributed by atoms with E-state index in [-0.39, 0.29) is 5.69 Å². The van der Waals surface area contributed by atoms with Crippen LogP contribution in [-0.2, 0) is 0 Å². The van der Waals surface area contributed by atoms with Gasteiger partial charge in [-0.1, -0.05) is 11.6 Å². The third kappa shape index (κ3) is 0.995. The van der Waals surface area contributed by atoms with Gasteiger partial charge in [0, 0.05) is 5.56 Å². The van der Waals surface area contributed by atoms with Crippen LogP contribution < -0.4 is 0 Å². The zero-order valence-corrected chi connectivity index (χ0v) is 6.49. The van der Waals surface area contributed by atoms with E-state index in [1.54, 1.807) is 0 Å². The van der Waals surface area contributed by atoms with Gasteiger partial charge in [0.15, 0.2) is 5.69 Å². The Bertz CT molecular complexity index is 301. The van der Waals surface area contributed by atoms with Gasteiger partial charge in [0.05, 0.1) is 0 Å². The highest BCUT2D eigenvalue weighted by molar-refractivity contribution is 5.87. The lowest BCUT2D eigenvalue weighted by molar-refractivity contribution is 0.0683. The van der Waals surface area contributed by atoms with Crippen LogP contribution >= 0.6 is 0 Å². The summed E-state index contributed by atoms with van der Waals surface area (Å²) in [6.45, 7) is 0. The molecular formula is C8H9NO3. The van der Waals surface area contributed by atoms with Crippen LogP contribution in [0.3, 0.4) is 0 Å². The Morgan fingerprint density at radius 1 is 1.67 bits per heavy atom. The molecule has 0 bridgehead atoms. The molecule has 12 heavy (non-hydrogen) atoms. The van der Waals surface area contributed by atoms with Crippen molar-refractivity contribution in [1.82, 2.24) is 5.16 Å². The van der Waals surface area contributed by atoms with Crippen LogP contribution in [0.25, 0.3) is 0 Å². The summed E-state index contributed by atoms with van der Waals surface area (Å²) in [7, 11) is 0. The molecule has 1 heterocycles. The molecule has 0 radical (unpaired) electrons. The second-order valence-electron chi connectivity index (χ2n) is 3.05. The first kappa shape index (κ1) is 7.34. The van der Waals surface area contributed by atoms with Crippen molar-refractivity contribution in [3.63, 3.8) is 0 Å². The summed E-state index contributed by atoms with van der Waals surface area (Å²) in [6, 6.07) is 0. The first-order valence-electron chi connectivity index (χ1n) is 3.96. The first-order valence-corrected chi connectivity index (χ1v) is 3.96. The van der Waals surface area contributed by atoms with Crippen molar-refractivity contribution in [3.05, 3.63) is 17.5 Å². The van der Waals surface area contributed by atoms with E-state index in [0.717, 1.165) is 18.4 Å². The summed E-state index contributed by atoms with van der Waals surface area (Å²) in [5.41, 5.74) is 0.841. The summed E-state index contributed by atoms with van der Waals surface area (Å²) in [4.78, 5) is 10.6. The van der Waals surface area contributed by atoms with Gasteiger partial charge in [-0.3, -0.25) is 0 Å². The zero-order valence-electron chi connectivity index (χ0n) is 6.49. The summed E-state index contributed by atoms with van der Waals surface area (Å²) >= 11 is 0. The highest BCUT2D eigenvalue weighted by Crippen LogP contribution is 2.37. The van der Waals surface area contributed by atoms with Crippen LogP contribution in [0.1, 0.15) is 41.2 Å². The third-order valence-corrected chi connectivity index (χ3v) is 2.34. The van der Waals surface area contributed by atoms with Gasteiger partial charge in [-0.2, -0.15) is 0 Å². The Balaban J connectivity index is 2.29. The molecular weight excluding hydrogens is 158 g/mol. The molecule has 2 rings (SSSR count). The molecule has 0 aliphatic heterocycles. The van der Waals surface area contributed by atoms with Crippen LogP contribution in [0, 0.1) is 0 Å². The standard InChI is InChI=1S/C8H9NO3/c10-8(11)7-6(4-12-9-7)5-2-1-3-5/h4-5H,1-3H2,(H,10,11). The molecule has 64 valence electrons. The van der Waals surface area contributed by atoms with Crippen LogP contribution in [0.15, 0.2) is 10.8 Å². The molecule has 1 aliphatic carbocycles. The van der Waals surface area contributed by atoms with E-state index in [2.05, 4.69) is 9.68 Å². The molecule has 1 aliphatic rings. The molecule has 1 saturated carbocycles. The molecule has 0 atom stereocenters. The first-order chi connectivity index (χ1) is 5.79. The Labute approximate surface area is 69.2 Å². The molecule has 0 spiro atoms. The fourth-order valence-electron chi connectivity index (χ4n) is 1.42. The van der Waals surface area contributed by atoms with Gasteiger partial charge < -0.3 is 9.63 Å². The van der Waals surface area contributed by atoms with E-state index in [1.165, 1.54) is 12.7 Å². The number of rotatable bonds is 2. The molecule has 1 fully saturated rings. The Hall–Kier alpha value is -1.32. The molecule has 4 nitrogen and oxygen atoms in total. The second kappa shape index (κ2) is 2.62. The minimum Gasteiger partial charge on any atom is -0.476 e. The molecule has 1 N–H and O–H groups in total. The number of aromatic carboxylic acids is 1. The highest BCUT2D eigenvalue weighted by atomic mass is 16.5. The Kier molecular flexibility index (Phi) is 1.60. The quantitative estimate of drug-likeness (QED) is 0.727. The molecule has 1 aromatic heterocycles. The summed E-state index contributed by atoms with van der Waals surface area (Å²) in [5.74, 6) is -0.631. The minimum atomic E-state index is -0.995. The number of hydrogen-bond donors (Lipinski definition) is 1. The lowest BCUT2D eigenvalue weighted by Crippen LogP contribution is -2.12. The average molecular weight is 167 g/mol. The maximum Gasteiger partial charge on any atom is 0.358 e. The van der Waals surface area contributed by atoms with E-state index in [1.807, 2.05) is 0 Å². The van der Waals surface area contributed by atoms with Gasteiger partial charge in [-0.25, -0.2) is 4.79 Å². The van der Waals surface area contributed by atoms with Crippen LogP contribution in [0.5, 0.6) is 0 Å². The van der Waals surface area contributed by atoms with E-state index in [4.69, 9.17) is 5.11 Å². The van der Waals surface area contributed by atoms with Gasteiger partial charge in [0.2, 0.25) is 0 Å². The molecule has 0 saturated heterocycles. The number of carboxylic acid groups (broad SMARTS) is 1. The predicted octanol–water partition coefficient (Wildman–Crippen LogP) is 1.64. The molecule has 0 aromatic carbocycles. The van der Waals surface area contributed by atoms with Crippen molar-refractivity contribution >= 4 is 5.97 Å². The number of aromatic nitrogens is 1. The predicted molar refractivity (Wildman–Crippen MR) is 40.1 cm³/mol. The molecule has 4 heteroatoms. The van der Waals surface area contributed by atoms with Crippen molar-refractivity contribution in [2.24, 2.45) is 0 Å². The third-order valence-electron chi connectivity index (χ3n) is 2.34. The lowest BCUT2D eigenvalue weighted by Gasteiger charge is -2.23. The fourth-order valence-corrected chi connectivity index (χ4v) is 1.42. The largest absolute Gasteiger partial charge is 0.476 e. The van der Waals surface area contributed by atoms with Gasteiger partial charge in [0.25, 0.3) is 0 Å². The summed E-state index contributed by atoms with van der Waals surface area (Å²) in [5, 5.41) is 12.1. The van der Waals surface area contributed by atoms with Gasteiger partial charge in [-0.05, 0) is 18.8 Å². The summed E-state index contributed by atoms with van der Waals surface area (Å²) < 4.78 is 4.63. The van der Waals surface area contributed by atoms with Crippen LogP contribution in [0.2, 0.25) is 0 Å². The maximum absolute atomic E-state index is 10.6. The van der Waals surface area contributed by atoms with Crippen LogP contribution in [-0.4, -0.2) is 16.2 Å². The van der Waals surface area contributed by atoms with E-state index >= 15 is 0 Å². The minimum absolute atomic E-state index is 0.0831. The second-order valence-corrected chi connectivity index (χ2v) is 3.05. The van der Waals surface area contributed by atoms with Crippen LogP contribution in [0.4, 0.5) is 0 Å². The SMILES string of the molecule is O=C(O)c1nocc1C1CCC1. The number of hydrogen-bond acceptors (Lipinski definition) is 3. The van der Waals surface area contributed by atoms with E-state index in [0.29, 0.717) is 5.92 Å². The topological polar surface area (TPSA) is 63.3 Å². The highest BCUT2D eigenvalue weighted by Gasteiger charge is 2.27. The molecule has 0 unspecified atom stereocenters. The Morgan fingerprint density at radius 3 is 2.92 bits per heavy atom. The maximum atomic E-state index is 10.6. The average Bonchev–Trinajstić information content (AvgIpc) is 2.31. The molecule has 1 aromatic rings. The number of carbonyl (C=O) groups is 1. The monoisotopic (exact) mass is 167 g/mol. The number of nitrogens with zero attached hydrogens (tertiary/aromatic N) is 1. The van der Waals surface area contributed by atoms with Crippen molar-refractivity contribution in [2.75, 3.05) is 0 Å². The number of carboxylic acids is 1. The zero-order chi connectivity index (χ0) is 8.55. The van der Waals surface area contributed by atoms with Crippen molar-refractivity contribution < 1.29 is 14.4 Å². The van der Waals surface area contributed by atoms with Crippen molar-refractivity contribution in [3.8, 4) is 0 Å². The van der Waals surface area contributed by atoms with E-state index < -0.39 is 5.97 Å². The van der Waals surface area contributed by atoms with Gasteiger partial charge >= 0.3 is 5.97 Å².